The molecule has 0 bridgehead atoms. The minimum atomic E-state index is -1.93. The molecule has 0 amide bonds. The van der Waals surface area contributed by atoms with Crippen molar-refractivity contribution in [2.45, 2.75) is 162 Å². The van der Waals surface area contributed by atoms with E-state index in [-0.39, 0.29) is 0 Å². The minimum absolute atomic E-state index is 0.814. The fourth-order valence-corrected chi connectivity index (χ4v) is 8.19. The number of hydrogen-bond acceptors (Lipinski definition) is 2. The zero-order valence-corrected chi connectivity index (χ0v) is 22.6. The van der Waals surface area contributed by atoms with Gasteiger partial charge in [-0.3, -0.25) is 0 Å². The van der Waals surface area contributed by atoms with Crippen molar-refractivity contribution >= 4 is 8.56 Å². The molecule has 0 heterocycles. The molecule has 2 nitrogen and oxygen atoms in total. The molecule has 0 fully saturated rings. The summed E-state index contributed by atoms with van der Waals surface area (Å²) in [6, 6.07) is 2.39. The van der Waals surface area contributed by atoms with Gasteiger partial charge in [-0.2, -0.15) is 0 Å². The second-order valence-corrected chi connectivity index (χ2v) is 12.7. The molecule has 0 unspecified atom stereocenters. The van der Waals surface area contributed by atoms with Crippen LogP contribution in [0, 0.1) is 0 Å². The molecule has 0 atom stereocenters. The highest BCUT2D eigenvalue weighted by atomic mass is 28.4. The molecule has 182 valence electrons. The van der Waals surface area contributed by atoms with Crippen LogP contribution < -0.4 is 0 Å². The van der Waals surface area contributed by atoms with E-state index in [1.807, 2.05) is 0 Å². The first kappa shape index (κ1) is 30.1. The van der Waals surface area contributed by atoms with Crippen molar-refractivity contribution in [1.82, 2.24) is 0 Å². The normalized spacial score (nSPS) is 12.0. The van der Waals surface area contributed by atoms with Crippen LogP contribution in [0.5, 0.6) is 0 Å². The Morgan fingerprint density at radius 3 is 1.00 bits per heavy atom. The van der Waals surface area contributed by atoms with Gasteiger partial charge in [-0.05, 0) is 25.9 Å². The lowest BCUT2D eigenvalue weighted by Crippen LogP contribution is -2.42. The monoisotopic (exact) mass is 442 g/mol. The van der Waals surface area contributed by atoms with E-state index in [1.165, 1.54) is 134 Å². The molecule has 0 rings (SSSR count). The van der Waals surface area contributed by atoms with E-state index < -0.39 is 8.56 Å². The molecule has 0 aliphatic carbocycles. The van der Waals surface area contributed by atoms with Crippen molar-refractivity contribution < 1.29 is 8.85 Å². The maximum Gasteiger partial charge on any atom is 0.338 e. The maximum absolute atomic E-state index is 6.22. The molecule has 0 spiro atoms. The Morgan fingerprint density at radius 1 is 0.367 bits per heavy atom. The molecule has 0 saturated carbocycles. The lowest BCUT2D eigenvalue weighted by atomic mass is 10.0. The molecule has 3 heteroatoms. The van der Waals surface area contributed by atoms with Crippen molar-refractivity contribution in [1.29, 1.82) is 0 Å². The molecule has 0 aromatic heterocycles. The summed E-state index contributed by atoms with van der Waals surface area (Å²) in [6.45, 7) is 10.5. The SMILES string of the molecule is CCCCCCCCCCCCCCCCCCC[Si](CCCC)(OCC)OCC. The zero-order valence-electron chi connectivity index (χ0n) is 21.6. The number of hydrogen-bond donors (Lipinski definition) is 0. The summed E-state index contributed by atoms with van der Waals surface area (Å²) in [5.74, 6) is 0. The summed E-state index contributed by atoms with van der Waals surface area (Å²) in [5, 5.41) is 0. The smallest absolute Gasteiger partial charge is 0.338 e. The quantitative estimate of drug-likeness (QED) is 0.103. The molecule has 30 heavy (non-hydrogen) atoms. The van der Waals surface area contributed by atoms with E-state index in [0.717, 1.165) is 13.2 Å². The molecular weight excluding hydrogens is 384 g/mol. The molecular formula is C27H58O2Si. The van der Waals surface area contributed by atoms with Crippen LogP contribution in [0.1, 0.15) is 150 Å². The fourth-order valence-electron chi connectivity index (χ4n) is 4.55. The van der Waals surface area contributed by atoms with Crippen molar-refractivity contribution in [3.63, 3.8) is 0 Å². The van der Waals surface area contributed by atoms with Gasteiger partial charge in [0, 0.05) is 13.2 Å². The Labute approximate surface area is 192 Å². The van der Waals surface area contributed by atoms with Crippen LogP contribution in [0.25, 0.3) is 0 Å². The second-order valence-electron chi connectivity index (χ2n) is 9.29. The third kappa shape index (κ3) is 18.9. The highest BCUT2D eigenvalue weighted by Crippen LogP contribution is 2.25. The predicted molar refractivity (Wildman–Crippen MR) is 138 cm³/mol. The Balaban J connectivity index is 3.51. The van der Waals surface area contributed by atoms with Crippen molar-refractivity contribution in [3.05, 3.63) is 0 Å². The third-order valence-corrected chi connectivity index (χ3v) is 10.2. The van der Waals surface area contributed by atoms with Gasteiger partial charge in [0.25, 0.3) is 0 Å². The highest BCUT2D eigenvalue weighted by Gasteiger charge is 2.35. The molecule has 0 saturated heterocycles. The van der Waals surface area contributed by atoms with Gasteiger partial charge < -0.3 is 8.85 Å². The molecule has 0 aromatic carbocycles. The van der Waals surface area contributed by atoms with E-state index in [2.05, 4.69) is 27.7 Å². The van der Waals surface area contributed by atoms with Crippen LogP contribution in [0.15, 0.2) is 0 Å². The van der Waals surface area contributed by atoms with Crippen molar-refractivity contribution in [3.8, 4) is 0 Å². The Hall–Kier alpha value is 0.137. The van der Waals surface area contributed by atoms with E-state index in [4.69, 9.17) is 8.85 Å². The van der Waals surface area contributed by atoms with Gasteiger partial charge in [0.15, 0.2) is 0 Å². The fraction of sp³-hybridized carbons (Fsp3) is 1.00. The third-order valence-electron chi connectivity index (χ3n) is 6.39. The Bertz CT molecular complexity index is 316. The topological polar surface area (TPSA) is 18.5 Å². The van der Waals surface area contributed by atoms with Gasteiger partial charge in [0.2, 0.25) is 0 Å². The first-order valence-corrected chi connectivity index (χ1v) is 16.3. The maximum atomic E-state index is 6.22. The van der Waals surface area contributed by atoms with Gasteiger partial charge in [-0.15, -0.1) is 0 Å². The molecule has 0 aromatic rings. The van der Waals surface area contributed by atoms with Crippen LogP contribution in [-0.2, 0) is 8.85 Å². The van der Waals surface area contributed by atoms with E-state index >= 15 is 0 Å². The first-order valence-electron chi connectivity index (χ1n) is 14.0. The summed E-state index contributed by atoms with van der Waals surface area (Å²) in [7, 11) is -1.93. The number of unbranched alkanes of at least 4 members (excludes halogenated alkanes) is 17. The summed E-state index contributed by atoms with van der Waals surface area (Å²) in [6.07, 6.45) is 26.8. The van der Waals surface area contributed by atoms with Gasteiger partial charge in [0.1, 0.15) is 0 Å². The van der Waals surface area contributed by atoms with E-state index in [9.17, 15) is 0 Å². The van der Waals surface area contributed by atoms with Crippen LogP contribution in [0.2, 0.25) is 12.1 Å². The Kier molecular flexibility index (Phi) is 23.9. The average Bonchev–Trinajstić information content (AvgIpc) is 2.75. The first-order chi connectivity index (χ1) is 14.7. The molecule has 0 aliphatic heterocycles. The van der Waals surface area contributed by atoms with Crippen molar-refractivity contribution in [2.24, 2.45) is 0 Å². The summed E-state index contributed by atoms with van der Waals surface area (Å²) in [4.78, 5) is 0. The van der Waals surface area contributed by atoms with Crippen molar-refractivity contribution in [2.75, 3.05) is 13.2 Å². The van der Waals surface area contributed by atoms with Gasteiger partial charge in [-0.1, -0.05) is 136 Å². The summed E-state index contributed by atoms with van der Waals surface area (Å²) >= 11 is 0. The molecule has 0 aliphatic rings. The van der Waals surface area contributed by atoms with Crippen LogP contribution in [0.4, 0.5) is 0 Å². The predicted octanol–water partition coefficient (Wildman–Crippen LogP) is 9.95. The van der Waals surface area contributed by atoms with Crippen LogP contribution in [0.3, 0.4) is 0 Å². The standard InChI is InChI=1S/C27H58O2Si/c1-5-9-11-12-13-14-15-16-17-18-19-20-21-22-23-24-25-27-30(28-7-3,29-8-4)26-10-6-2/h5-27H2,1-4H3. The second kappa shape index (κ2) is 23.8. The van der Waals surface area contributed by atoms with E-state index in [0.29, 0.717) is 0 Å². The largest absolute Gasteiger partial charge is 0.394 e. The van der Waals surface area contributed by atoms with Gasteiger partial charge in [0.05, 0.1) is 0 Å². The van der Waals surface area contributed by atoms with Gasteiger partial charge >= 0.3 is 8.56 Å². The van der Waals surface area contributed by atoms with E-state index in [1.54, 1.807) is 0 Å². The molecule has 0 radical (unpaired) electrons. The summed E-state index contributed by atoms with van der Waals surface area (Å²) < 4.78 is 12.4. The Morgan fingerprint density at radius 2 is 0.667 bits per heavy atom. The van der Waals surface area contributed by atoms with Crippen LogP contribution in [-0.4, -0.2) is 21.8 Å². The van der Waals surface area contributed by atoms with Crippen LogP contribution >= 0.6 is 0 Å². The minimum Gasteiger partial charge on any atom is -0.394 e. The lowest BCUT2D eigenvalue weighted by molar-refractivity contribution is 0.180. The highest BCUT2D eigenvalue weighted by molar-refractivity contribution is 6.67. The zero-order chi connectivity index (χ0) is 22.2. The summed E-state index contributed by atoms with van der Waals surface area (Å²) in [5.41, 5.74) is 0. The average molecular weight is 443 g/mol. The van der Waals surface area contributed by atoms with Gasteiger partial charge in [-0.25, -0.2) is 0 Å². The lowest BCUT2D eigenvalue weighted by Gasteiger charge is -2.30. The molecule has 0 N–H and O–H groups in total. The number of rotatable bonds is 25.